The molecule has 0 saturated heterocycles. The van der Waals surface area contributed by atoms with E-state index >= 15 is 0 Å². The van der Waals surface area contributed by atoms with Crippen molar-refractivity contribution in [3.8, 4) is 17.1 Å². The third-order valence-corrected chi connectivity index (χ3v) is 3.53. The van der Waals surface area contributed by atoms with E-state index in [1.165, 1.54) is 11.8 Å². The van der Waals surface area contributed by atoms with E-state index in [0.29, 0.717) is 22.3 Å². The van der Waals surface area contributed by atoms with Gasteiger partial charge in [0.15, 0.2) is 5.82 Å². The van der Waals surface area contributed by atoms with Crippen LogP contribution in [0.1, 0.15) is 0 Å². The molecule has 24 heavy (non-hydrogen) atoms. The van der Waals surface area contributed by atoms with Crippen LogP contribution in [0.15, 0.2) is 48.5 Å². The van der Waals surface area contributed by atoms with Crippen molar-refractivity contribution >= 4 is 23.2 Å². The number of anilines is 1. The number of carbonyl (C=O) groups is 1. The van der Waals surface area contributed by atoms with Gasteiger partial charge in [-0.2, -0.15) is 0 Å². The molecule has 7 nitrogen and oxygen atoms in total. The molecule has 1 heterocycles. The Kier molecular flexibility index (Phi) is 4.72. The van der Waals surface area contributed by atoms with Crippen LogP contribution in [0.4, 0.5) is 5.69 Å². The van der Waals surface area contributed by atoms with Crippen LogP contribution in [0.2, 0.25) is 5.02 Å². The molecule has 3 aromatic rings. The van der Waals surface area contributed by atoms with Gasteiger partial charge in [0.25, 0.3) is 0 Å². The molecule has 0 saturated carbocycles. The van der Waals surface area contributed by atoms with Crippen LogP contribution in [0.5, 0.6) is 5.75 Å². The quantitative estimate of drug-likeness (QED) is 0.770. The molecule has 0 aliphatic carbocycles. The number of hydrogen-bond donors (Lipinski definition) is 1. The Morgan fingerprint density at radius 1 is 1.25 bits per heavy atom. The van der Waals surface area contributed by atoms with E-state index in [1.54, 1.807) is 18.2 Å². The number of methoxy groups -OCH3 is 1. The van der Waals surface area contributed by atoms with Crippen LogP contribution >= 0.6 is 11.6 Å². The number of benzene rings is 2. The Balaban J connectivity index is 1.77. The van der Waals surface area contributed by atoms with Gasteiger partial charge in [-0.25, -0.2) is 4.68 Å². The highest BCUT2D eigenvalue weighted by molar-refractivity contribution is 6.31. The van der Waals surface area contributed by atoms with Crippen LogP contribution in [0.25, 0.3) is 11.4 Å². The summed E-state index contributed by atoms with van der Waals surface area (Å²) in [4.78, 5) is 12.3. The minimum Gasteiger partial charge on any atom is -0.495 e. The highest BCUT2D eigenvalue weighted by Crippen LogP contribution is 2.27. The summed E-state index contributed by atoms with van der Waals surface area (Å²) < 4.78 is 6.64. The first-order valence-electron chi connectivity index (χ1n) is 7.12. The van der Waals surface area contributed by atoms with Crippen molar-refractivity contribution < 1.29 is 9.53 Å². The van der Waals surface area contributed by atoms with E-state index < -0.39 is 0 Å². The van der Waals surface area contributed by atoms with E-state index in [0.717, 1.165) is 5.56 Å². The highest BCUT2D eigenvalue weighted by atomic mass is 35.5. The van der Waals surface area contributed by atoms with Crippen molar-refractivity contribution in [2.45, 2.75) is 6.54 Å². The van der Waals surface area contributed by atoms with Crippen molar-refractivity contribution in [1.29, 1.82) is 0 Å². The Bertz CT molecular complexity index is 851. The van der Waals surface area contributed by atoms with E-state index in [4.69, 9.17) is 16.3 Å². The molecule has 0 atom stereocenters. The second-order valence-corrected chi connectivity index (χ2v) is 5.36. The van der Waals surface area contributed by atoms with E-state index in [2.05, 4.69) is 20.8 Å². The molecule has 0 aliphatic heterocycles. The fraction of sp³-hybridized carbons (Fsp3) is 0.125. The maximum Gasteiger partial charge on any atom is 0.246 e. The number of tetrazole rings is 1. The summed E-state index contributed by atoms with van der Waals surface area (Å²) in [6.45, 7) is -0.0348. The molecule has 8 heteroatoms. The smallest absolute Gasteiger partial charge is 0.246 e. The second-order valence-electron chi connectivity index (χ2n) is 4.92. The minimum atomic E-state index is -0.292. The molecule has 1 amide bonds. The molecule has 0 bridgehead atoms. The van der Waals surface area contributed by atoms with E-state index in [1.807, 2.05) is 30.3 Å². The standard InChI is InChI=1S/C16H14ClN5O2/c1-24-14-8-7-12(17)9-13(14)18-15(23)10-22-16(19-20-21-22)11-5-3-2-4-6-11/h2-9H,10H2,1H3,(H,18,23). The predicted molar refractivity (Wildman–Crippen MR) is 89.9 cm³/mol. The molecular formula is C16H14ClN5O2. The van der Waals surface area contributed by atoms with Crippen molar-refractivity contribution in [2.24, 2.45) is 0 Å². The first-order valence-corrected chi connectivity index (χ1v) is 7.50. The van der Waals surface area contributed by atoms with Gasteiger partial charge in [-0.1, -0.05) is 41.9 Å². The maximum atomic E-state index is 12.3. The monoisotopic (exact) mass is 343 g/mol. The number of hydrogen-bond acceptors (Lipinski definition) is 5. The number of nitrogens with one attached hydrogen (secondary N) is 1. The number of ether oxygens (including phenoxy) is 1. The molecule has 0 spiro atoms. The number of carbonyl (C=O) groups excluding carboxylic acids is 1. The van der Waals surface area contributed by atoms with Crippen molar-refractivity contribution in [1.82, 2.24) is 20.2 Å². The maximum absolute atomic E-state index is 12.3. The van der Waals surface area contributed by atoms with Gasteiger partial charge >= 0.3 is 0 Å². The summed E-state index contributed by atoms with van der Waals surface area (Å²) in [5, 5.41) is 14.7. The van der Waals surface area contributed by atoms with E-state index in [-0.39, 0.29) is 12.5 Å². The van der Waals surface area contributed by atoms with Crippen LogP contribution in [-0.2, 0) is 11.3 Å². The van der Waals surface area contributed by atoms with Gasteiger partial charge in [0.2, 0.25) is 5.91 Å². The van der Waals surface area contributed by atoms with Gasteiger partial charge in [0.05, 0.1) is 12.8 Å². The molecule has 0 unspecified atom stereocenters. The molecule has 2 aromatic carbocycles. The summed E-state index contributed by atoms with van der Waals surface area (Å²) in [5.74, 6) is 0.747. The number of amides is 1. The van der Waals surface area contributed by atoms with Gasteiger partial charge in [0.1, 0.15) is 12.3 Å². The highest BCUT2D eigenvalue weighted by Gasteiger charge is 2.14. The zero-order valence-electron chi connectivity index (χ0n) is 12.8. The van der Waals surface area contributed by atoms with Gasteiger partial charge in [-0.05, 0) is 28.6 Å². The zero-order valence-corrected chi connectivity index (χ0v) is 13.6. The largest absolute Gasteiger partial charge is 0.495 e. The van der Waals surface area contributed by atoms with Crippen molar-refractivity contribution in [3.63, 3.8) is 0 Å². The lowest BCUT2D eigenvalue weighted by Gasteiger charge is -2.11. The Morgan fingerprint density at radius 2 is 2.04 bits per heavy atom. The average Bonchev–Trinajstić information content (AvgIpc) is 3.04. The normalized spacial score (nSPS) is 10.4. The van der Waals surface area contributed by atoms with Gasteiger partial charge in [-0.3, -0.25) is 4.79 Å². The Hall–Kier alpha value is -2.93. The average molecular weight is 344 g/mol. The van der Waals surface area contributed by atoms with Crippen LogP contribution < -0.4 is 10.1 Å². The lowest BCUT2D eigenvalue weighted by atomic mass is 10.2. The molecule has 3 rings (SSSR count). The van der Waals surface area contributed by atoms with Crippen molar-refractivity contribution in [3.05, 3.63) is 53.6 Å². The summed E-state index contributed by atoms with van der Waals surface area (Å²) in [5.41, 5.74) is 1.32. The number of nitrogens with zero attached hydrogens (tertiary/aromatic N) is 4. The van der Waals surface area contributed by atoms with Crippen LogP contribution in [0.3, 0.4) is 0 Å². The van der Waals surface area contributed by atoms with Gasteiger partial charge in [-0.15, -0.1) is 5.10 Å². The Labute approximate surface area is 143 Å². The van der Waals surface area contributed by atoms with Crippen LogP contribution in [0, 0.1) is 0 Å². The molecule has 1 aromatic heterocycles. The minimum absolute atomic E-state index is 0.0348. The SMILES string of the molecule is COc1ccc(Cl)cc1NC(=O)Cn1nnnc1-c1ccccc1. The number of rotatable bonds is 5. The van der Waals surface area contributed by atoms with Crippen molar-refractivity contribution in [2.75, 3.05) is 12.4 Å². The zero-order chi connectivity index (χ0) is 16.9. The summed E-state index contributed by atoms with van der Waals surface area (Å²) in [6, 6.07) is 14.4. The molecule has 1 N–H and O–H groups in total. The third-order valence-electron chi connectivity index (χ3n) is 3.29. The number of aromatic nitrogens is 4. The first-order chi connectivity index (χ1) is 11.7. The molecular weight excluding hydrogens is 330 g/mol. The summed E-state index contributed by atoms with van der Waals surface area (Å²) in [7, 11) is 1.52. The second kappa shape index (κ2) is 7.10. The molecule has 0 fully saturated rings. The topological polar surface area (TPSA) is 81.9 Å². The third kappa shape index (κ3) is 3.52. The lowest BCUT2D eigenvalue weighted by Crippen LogP contribution is -2.20. The first kappa shape index (κ1) is 15.9. The molecule has 122 valence electrons. The Morgan fingerprint density at radius 3 is 2.79 bits per heavy atom. The molecule has 0 aliphatic rings. The van der Waals surface area contributed by atoms with Crippen LogP contribution in [-0.4, -0.2) is 33.2 Å². The summed E-state index contributed by atoms with van der Waals surface area (Å²) in [6.07, 6.45) is 0. The van der Waals surface area contributed by atoms with Gasteiger partial charge < -0.3 is 10.1 Å². The fourth-order valence-electron chi connectivity index (χ4n) is 2.21. The summed E-state index contributed by atoms with van der Waals surface area (Å²) >= 11 is 5.96. The number of halogens is 1. The fourth-order valence-corrected chi connectivity index (χ4v) is 2.38. The predicted octanol–water partition coefficient (Wildman–Crippen LogP) is 2.64. The molecule has 0 radical (unpaired) electrons. The lowest BCUT2D eigenvalue weighted by molar-refractivity contribution is -0.116. The van der Waals surface area contributed by atoms with E-state index in [9.17, 15) is 4.79 Å². The van der Waals surface area contributed by atoms with Gasteiger partial charge in [0, 0.05) is 10.6 Å².